The van der Waals surface area contributed by atoms with Crippen LogP contribution in [0.5, 0.6) is 0 Å². The van der Waals surface area contributed by atoms with Gasteiger partial charge in [0.15, 0.2) is 0 Å². The standard InChI is InChI=1S/C78H147NO5/c1-3-5-7-9-11-13-15-17-19-43-46-50-54-58-62-66-70-76(81)75(74-80)79-77(82)71-67-63-59-55-51-47-44-41-39-37-35-33-31-29-27-25-23-21-20-22-24-26-28-30-32-34-36-38-40-42-45-49-53-57-61-65-69-73-84-78(83)72-68-64-60-56-52-48-18-16-14-12-10-8-6-4-2/h10,12,16,18,20,22,26,28,75-76,80-81H,3-9,11,13-15,17,19,21,23-25,27,29-74H2,1-2H3,(H,79,82)/b12-10-,18-16-,22-20-,28-26-. The SMILES string of the molecule is CCCC/C=C\C/C=C\CCCCCCCC(=O)OCCCCCCCCCCCCCCC/C=C\C/C=C\CCCCCCCCCCCCCCCCCCCC(=O)NC(CO)C(O)CCCCCCCCCCCCCCCCCC. The lowest BCUT2D eigenvalue weighted by Crippen LogP contribution is -2.45. The van der Waals surface area contributed by atoms with Crippen LogP contribution < -0.4 is 5.32 Å². The highest BCUT2D eigenvalue weighted by Gasteiger charge is 2.20. The largest absolute Gasteiger partial charge is 0.466 e. The van der Waals surface area contributed by atoms with Crippen molar-refractivity contribution in [3.63, 3.8) is 0 Å². The van der Waals surface area contributed by atoms with Crippen LogP contribution in [0, 0.1) is 0 Å². The zero-order valence-electron chi connectivity index (χ0n) is 56.6. The van der Waals surface area contributed by atoms with Gasteiger partial charge in [0.25, 0.3) is 0 Å². The molecule has 0 saturated carbocycles. The predicted octanol–water partition coefficient (Wildman–Crippen LogP) is 24.8. The van der Waals surface area contributed by atoms with E-state index < -0.39 is 12.1 Å². The molecule has 0 saturated heterocycles. The number of hydrogen-bond donors (Lipinski definition) is 3. The lowest BCUT2D eigenvalue weighted by Gasteiger charge is -2.22. The Bertz CT molecular complexity index is 1400. The number of unbranched alkanes of at least 4 members (excludes halogenated alkanes) is 52. The van der Waals surface area contributed by atoms with Crippen molar-refractivity contribution in [2.24, 2.45) is 0 Å². The topological polar surface area (TPSA) is 95.9 Å². The number of allylic oxidation sites excluding steroid dienone is 8. The Morgan fingerprint density at radius 1 is 0.333 bits per heavy atom. The fraction of sp³-hybridized carbons (Fsp3) is 0.872. The maximum atomic E-state index is 12.5. The molecule has 0 rings (SSSR count). The number of nitrogens with one attached hydrogen (secondary N) is 1. The maximum Gasteiger partial charge on any atom is 0.305 e. The van der Waals surface area contributed by atoms with Crippen molar-refractivity contribution in [1.29, 1.82) is 0 Å². The fourth-order valence-electron chi connectivity index (χ4n) is 11.8. The van der Waals surface area contributed by atoms with E-state index >= 15 is 0 Å². The molecule has 3 N–H and O–H groups in total. The van der Waals surface area contributed by atoms with Crippen molar-refractivity contribution < 1.29 is 24.5 Å². The predicted molar refractivity (Wildman–Crippen MR) is 370 cm³/mol. The van der Waals surface area contributed by atoms with Gasteiger partial charge in [0, 0.05) is 12.8 Å². The molecule has 1 amide bonds. The molecule has 2 atom stereocenters. The van der Waals surface area contributed by atoms with E-state index in [0.717, 1.165) is 57.8 Å². The van der Waals surface area contributed by atoms with Crippen LogP contribution in [-0.4, -0.2) is 47.4 Å². The number of aliphatic hydroxyl groups excluding tert-OH is 2. The zero-order chi connectivity index (χ0) is 60.6. The van der Waals surface area contributed by atoms with Crippen molar-refractivity contribution in [2.75, 3.05) is 13.2 Å². The average molecular weight is 1180 g/mol. The van der Waals surface area contributed by atoms with Crippen LogP contribution in [0.15, 0.2) is 48.6 Å². The molecule has 0 heterocycles. The van der Waals surface area contributed by atoms with Crippen molar-refractivity contribution in [3.05, 3.63) is 48.6 Å². The molecule has 0 aliphatic carbocycles. The molecular formula is C78H147NO5. The number of rotatable bonds is 71. The Hall–Kier alpha value is -2.18. The molecule has 2 unspecified atom stereocenters. The summed E-state index contributed by atoms with van der Waals surface area (Å²) in [5.41, 5.74) is 0. The van der Waals surface area contributed by atoms with Crippen molar-refractivity contribution in [2.45, 2.75) is 424 Å². The third-order valence-corrected chi connectivity index (χ3v) is 17.6. The van der Waals surface area contributed by atoms with Crippen LogP contribution in [-0.2, 0) is 14.3 Å². The number of amides is 1. The van der Waals surface area contributed by atoms with E-state index in [-0.39, 0.29) is 18.5 Å². The molecule has 0 aromatic rings. The summed E-state index contributed by atoms with van der Waals surface area (Å²) in [7, 11) is 0. The van der Waals surface area contributed by atoms with Gasteiger partial charge in [-0.1, -0.05) is 364 Å². The normalized spacial score (nSPS) is 12.8. The minimum Gasteiger partial charge on any atom is -0.466 e. The van der Waals surface area contributed by atoms with E-state index in [1.165, 1.54) is 321 Å². The number of aliphatic hydroxyl groups is 2. The molecule has 0 aromatic carbocycles. The molecule has 0 bridgehead atoms. The first-order chi connectivity index (χ1) is 41.5. The maximum absolute atomic E-state index is 12.5. The number of carbonyl (C=O) groups excluding carboxylic acids is 2. The Balaban J connectivity index is 3.36. The van der Waals surface area contributed by atoms with Crippen molar-refractivity contribution in [1.82, 2.24) is 5.32 Å². The van der Waals surface area contributed by atoms with Gasteiger partial charge in [0.2, 0.25) is 5.91 Å². The monoisotopic (exact) mass is 1180 g/mol. The molecule has 84 heavy (non-hydrogen) atoms. The van der Waals surface area contributed by atoms with Crippen LogP contribution in [0.2, 0.25) is 0 Å². The lowest BCUT2D eigenvalue weighted by atomic mass is 10.0. The first-order valence-electron chi connectivity index (χ1n) is 37.9. The fourth-order valence-corrected chi connectivity index (χ4v) is 11.8. The Morgan fingerprint density at radius 3 is 0.940 bits per heavy atom. The van der Waals surface area contributed by atoms with Gasteiger partial charge >= 0.3 is 5.97 Å². The van der Waals surface area contributed by atoms with Gasteiger partial charge in [-0.3, -0.25) is 9.59 Å². The smallest absolute Gasteiger partial charge is 0.305 e. The molecule has 0 aliphatic heterocycles. The first-order valence-corrected chi connectivity index (χ1v) is 37.9. The Labute approximate surface area is 525 Å². The second-order valence-corrected chi connectivity index (χ2v) is 26.0. The third-order valence-electron chi connectivity index (χ3n) is 17.6. The summed E-state index contributed by atoms with van der Waals surface area (Å²) in [4.78, 5) is 24.6. The van der Waals surface area contributed by atoms with E-state index in [1.54, 1.807) is 0 Å². The highest BCUT2D eigenvalue weighted by atomic mass is 16.5. The Morgan fingerprint density at radius 2 is 0.607 bits per heavy atom. The third kappa shape index (κ3) is 68.9. The summed E-state index contributed by atoms with van der Waals surface area (Å²) in [5.74, 6) is -0.0249. The average Bonchev–Trinajstić information content (AvgIpc) is 3.51. The minimum atomic E-state index is -0.663. The van der Waals surface area contributed by atoms with Crippen LogP contribution >= 0.6 is 0 Å². The molecule has 0 fully saturated rings. The quantitative estimate of drug-likeness (QED) is 0.0320. The summed E-state index contributed by atoms with van der Waals surface area (Å²) in [5, 5.41) is 23.4. The summed E-state index contributed by atoms with van der Waals surface area (Å²) < 4.78 is 5.48. The summed E-state index contributed by atoms with van der Waals surface area (Å²) in [6.45, 7) is 4.94. The molecule has 6 nitrogen and oxygen atoms in total. The number of hydrogen-bond acceptors (Lipinski definition) is 5. The van der Waals surface area contributed by atoms with E-state index in [0.29, 0.717) is 25.9 Å². The van der Waals surface area contributed by atoms with Gasteiger partial charge in [0.05, 0.1) is 25.4 Å². The minimum absolute atomic E-state index is 0.00425. The van der Waals surface area contributed by atoms with E-state index in [4.69, 9.17) is 4.74 Å². The van der Waals surface area contributed by atoms with Gasteiger partial charge in [-0.25, -0.2) is 0 Å². The van der Waals surface area contributed by atoms with Crippen molar-refractivity contribution in [3.8, 4) is 0 Å². The highest BCUT2D eigenvalue weighted by Crippen LogP contribution is 2.19. The van der Waals surface area contributed by atoms with Gasteiger partial charge in [-0.2, -0.15) is 0 Å². The molecule has 0 aromatic heterocycles. The van der Waals surface area contributed by atoms with Crippen LogP contribution in [0.1, 0.15) is 412 Å². The summed E-state index contributed by atoms with van der Waals surface area (Å²) in [6, 6.07) is -0.540. The van der Waals surface area contributed by atoms with Gasteiger partial charge in [-0.05, 0) is 83.5 Å². The Kier molecular flexibility index (Phi) is 71.4. The highest BCUT2D eigenvalue weighted by molar-refractivity contribution is 5.76. The van der Waals surface area contributed by atoms with Crippen molar-refractivity contribution >= 4 is 11.9 Å². The molecule has 0 radical (unpaired) electrons. The summed E-state index contributed by atoms with van der Waals surface area (Å²) >= 11 is 0. The van der Waals surface area contributed by atoms with Crippen LogP contribution in [0.4, 0.5) is 0 Å². The van der Waals surface area contributed by atoms with Gasteiger partial charge in [-0.15, -0.1) is 0 Å². The summed E-state index contributed by atoms with van der Waals surface area (Å²) in [6.07, 6.45) is 96.2. The van der Waals surface area contributed by atoms with E-state index in [1.807, 2.05) is 0 Å². The molecule has 6 heteroatoms. The van der Waals surface area contributed by atoms with Gasteiger partial charge in [0.1, 0.15) is 0 Å². The van der Waals surface area contributed by atoms with Crippen LogP contribution in [0.3, 0.4) is 0 Å². The molecule has 0 aliphatic rings. The lowest BCUT2D eigenvalue weighted by molar-refractivity contribution is -0.143. The molecule has 494 valence electrons. The molecule has 0 spiro atoms. The second-order valence-electron chi connectivity index (χ2n) is 26.0. The van der Waals surface area contributed by atoms with E-state index in [2.05, 4.69) is 67.8 Å². The number of esters is 1. The number of ether oxygens (including phenoxy) is 1. The first kappa shape index (κ1) is 81.8. The van der Waals surface area contributed by atoms with Gasteiger partial charge < -0.3 is 20.3 Å². The second kappa shape index (κ2) is 73.3. The molecular weight excluding hydrogens is 1030 g/mol. The van der Waals surface area contributed by atoms with Crippen LogP contribution in [0.25, 0.3) is 0 Å². The van der Waals surface area contributed by atoms with E-state index in [9.17, 15) is 19.8 Å². The number of carbonyl (C=O) groups is 2. The zero-order valence-corrected chi connectivity index (χ0v) is 56.6.